The first-order chi connectivity index (χ1) is 11.0. The third-order valence-electron chi connectivity index (χ3n) is 4.16. The van der Waals surface area contributed by atoms with Crippen LogP contribution in [0, 0.1) is 12.3 Å². The number of terminal acetylenes is 1. The molecule has 1 amide bonds. The molecule has 1 fully saturated rings. The normalized spacial score (nSPS) is 19.4. The lowest BCUT2D eigenvalue weighted by Gasteiger charge is -2.15. The molecular formula is C15H24N4O3S. The van der Waals surface area contributed by atoms with Crippen molar-refractivity contribution >= 4 is 15.9 Å². The van der Waals surface area contributed by atoms with Gasteiger partial charge in [-0.3, -0.25) is 4.79 Å². The maximum atomic E-state index is 12.0. The van der Waals surface area contributed by atoms with Crippen molar-refractivity contribution in [3.8, 4) is 12.3 Å². The van der Waals surface area contributed by atoms with Gasteiger partial charge in [0.05, 0.1) is 5.75 Å². The molecule has 7 nitrogen and oxygen atoms in total. The molecule has 1 N–H and O–H groups in total. The molecule has 2 heterocycles. The van der Waals surface area contributed by atoms with E-state index in [0.717, 1.165) is 12.8 Å². The molecule has 2 rings (SSSR count). The summed E-state index contributed by atoms with van der Waals surface area (Å²) in [5.41, 5.74) is -0.442. The molecule has 0 aromatic rings. The molecule has 0 saturated carbocycles. The van der Waals surface area contributed by atoms with Crippen LogP contribution in [0.4, 0.5) is 0 Å². The van der Waals surface area contributed by atoms with Crippen molar-refractivity contribution in [3.63, 3.8) is 0 Å². The van der Waals surface area contributed by atoms with Crippen LogP contribution in [-0.4, -0.2) is 49.7 Å². The maximum absolute atomic E-state index is 12.0. The predicted molar refractivity (Wildman–Crippen MR) is 87.1 cm³/mol. The summed E-state index contributed by atoms with van der Waals surface area (Å²) >= 11 is 0. The Morgan fingerprint density at radius 3 is 2.57 bits per heavy atom. The summed E-state index contributed by atoms with van der Waals surface area (Å²) in [6.45, 7) is 1.63. The van der Waals surface area contributed by atoms with Crippen molar-refractivity contribution in [2.24, 2.45) is 10.2 Å². The maximum Gasteiger partial charge on any atom is 0.220 e. The minimum Gasteiger partial charge on any atom is -0.356 e. The van der Waals surface area contributed by atoms with E-state index < -0.39 is 15.7 Å². The van der Waals surface area contributed by atoms with Gasteiger partial charge in [-0.1, -0.05) is 0 Å². The first-order valence-corrected chi connectivity index (χ1v) is 9.70. The monoisotopic (exact) mass is 340 g/mol. The number of hydrogen-bond acceptors (Lipinski definition) is 5. The fourth-order valence-corrected chi connectivity index (χ4v) is 4.23. The molecule has 0 aliphatic carbocycles. The Hall–Kier alpha value is -1.46. The van der Waals surface area contributed by atoms with E-state index in [0.29, 0.717) is 51.7 Å². The number of hydrogen-bond donors (Lipinski definition) is 1. The van der Waals surface area contributed by atoms with Gasteiger partial charge in [0.15, 0.2) is 5.66 Å². The van der Waals surface area contributed by atoms with Crippen molar-refractivity contribution in [3.05, 3.63) is 0 Å². The lowest BCUT2D eigenvalue weighted by Crippen LogP contribution is -2.32. The summed E-state index contributed by atoms with van der Waals surface area (Å²) in [5, 5.41) is 10.7. The number of nitrogens with zero attached hydrogens (tertiary/aromatic N) is 3. The standard InChI is InChI=1S/C15H24N4O3S/c1-2-3-8-15(17-18-15)9-7-14(20)16-10-6-13-23(21,22)19-11-4-5-12-19/h1H,3-13H2,(H,16,20). The largest absolute Gasteiger partial charge is 0.356 e. The van der Waals surface area contributed by atoms with Gasteiger partial charge >= 0.3 is 0 Å². The van der Waals surface area contributed by atoms with Crippen LogP contribution in [0.5, 0.6) is 0 Å². The highest BCUT2D eigenvalue weighted by Crippen LogP contribution is 2.37. The van der Waals surface area contributed by atoms with Crippen LogP contribution in [0.2, 0.25) is 0 Å². The molecule has 2 aliphatic heterocycles. The van der Waals surface area contributed by atoms with Gasteiger partial charge in [0, 0.05) is 45.3 Å². The Morgan fingerprint density at radius 2 is 1.96 bits per heavy atom. The van der Waals surface area contributed by atoms with Gasteiger partial charge in [-0.25, -0.2) is 12.7 Å². The van der Waals surface area contributed by atoms with Gasteiger partial charge in [0.1, 0.15) is 0 Å². The summed E-state index contributed by atoms with van der Waals surface area (Å²) in [6.07, 6.45) is 9.70. The molecule has 0 aromatic carbocycles. The van der Waals surface area contributed by atoms with E-state index in [1.807, 2.05) is 0 Å². The van der Waals surface area contributed by atoms with Crippen LogP contribution >= 0.6 is 0 Å². The minimum absolute atomic E-state index is 0.0874. The van der Waals surface area contributed by atoms with Crippen molar-refractivity contribution in [2.45, 2.75) is 50.6 Å². The molecule has 0 spiro atoms. The number of rotatable bonds is 10. The molecule has 0 atom stereocenters. The predicted octanol–water partition coefficient (Wildman–Crippen LogP) is 1.27. The molecule has 8 heteroatoms. The molecule has 128 valence electrons. The Morgan fingerprint density at radius 1 is 1.26 bits per heavy atom. The third kappa shape index (κ3) is 5.59. The highest BCUT2D eigenvalue weighted by molar-refractivity contribution is 7.89. The number of sulfonamides is 1. The first kappa shape index (κ1) is 17.9. The van der Waals surface area contributed by atoms with Crippen molar-refractivity contribution in [1.29, 1.82) is 0 Å². The molecule has 0 bridgehead atoms. The third-order valence-corrected chi connectivity index (χ3v) is 6.12. The molecule has 2 aliphatic rings. The highest BCUT2D eigenvalue weighted by atomic mass is 32.2. The van der Waals surface area contributed by atoms with E-state index >= 15 is 0 Å². The second kappa shape index (κ2) is 7.88. The second-order valence-corrected chi connectivity index (χ2v) is 8.10. The van der Waals surface area contributed by atoms with Crippen LogP contribution in [0.25, 0.3) is 0 Å². The van der Waals surface area contributed by atoms with Gasteiger partial charge in [-0.2, -0.15) is 10.2 Å². The Kier molecular flexibility index (Phi) is 6.13. The van der Waals surface area contributed by atoms with E-state index in [2.05, 4.69) is 21.5 Å². The zero-order valence-corrected chi connectivity index (χ0v) is 14.1. The summed E-state index contributed by atoms with van der Waals surface area (Å²) in [4.78, 5) is 11.8. The van der Waals surface area contributed by atoms with Crippen molar-refractivity contribution in [1.82, 2.24) is 9.62 Å². The summed E-state index contributed by atoms with van der Waals surface area (Å²) < 4.78 is 25.6. The molecule has 0 unspecified atom stereocenters. The van der Waals surface area contributed by atoms with Crippen LogP contribution in [0.15, 0.2) is 10.2 Å². The van der Waals surface area contributed by atoms with Gasteiger partial charge in [-0.05, 0) is 19.3 Å². The van der Waals surface area contributed by atoms with Gasteiger partial charge < -0.3 is 5.32 Å². The fourth-order valence-electron chi connectivity index (χ4n) is 2.65. The Bertz CT molecular complexity index is 582. The van der Waals surface area contributed by atoms with Crippen LogP contribution < -0.4 is 5.32 Å². The van der Waals surface area contributed by atoms with Crippen LogP contribution in [0.3, 0.4) is 0 Å². The highest BCUT2D eigenvalue weighted by Gasteiger charge is 2.39. The number of nitrogens with one attached hydrogen (secondary N) is 1. The lowest BCUT2D eigenvalue weighted by molar-refractivity contribution is -0.121. The molecule has 0 radical (unpaired) electrons. The van der Waals surface area contributed by atoms with Gasteiger partial charge in [-0.15, -0.1) is 12.3 Å². The lowest BCUT2D eigenvalue weighted by atomic mass is 10.0. The summed E-state index contributed by atoms with van der Waals surface area (Å²) in [5.74, 6) is 2.54. The van der Waals surface area contributed by atoms with E-state index in [-0.39, 0.29) is 11.7 Å². The Labute approximate surface area is 138 Å². The SMILES string of the molecule is C#CCCC1(CCC(=O)NCCCS(=O)(=O)N2CCCC2)N=N1. The number of carbonyl (C=O) groups excluding carboxylic acids is 1. The summed E-state index contributed by atoms with van der Waals surface area (Å²) in [7, 11) is -3.16. The van der Waals surface area contributed by atoms with E-state index in [1.54, 1.807) is 4.31 Å². The number of amides is 1. The molecule has 0 aromatic heterocycles. The van der Waals surface area contributed by atoms with Crippen molar-refractivity contribution < 1.29 is 13.2 Å². The molecule has 1 saturated heterocycles. The minimum atomic E-state index is -3.16. The quantitative estimate of drug-likeness (QED) is 0.479. The summed E-state index contributed by atoms with van der Waals surface area (Å²) in [6, 6.07) is 0. The smallest absolute Gasteiger partial charge is 0.220 e. The topological polar surface area (TPSA) is 91.2 Å². The van der Waals surface area contributed by atoms with E-state index in [9.17, 15) is 13.2 Å². The average molecular weight is 340 g/mol. The second-order valence-electron chi connectivity index (χ2n) is 6.01. The fraction of sp³-hybridized carbons (Fsp3) is 0.800. The van der Waals surface area contributed by atoms with Gasteiger partial charge in [0.2, 0.25) is 15.9 Å². The van der Waals surface area contributed by atoms with Crippen LogP contribution in [-0.2, 0) is 14.8 Å². The zero-order valence-electron chi connectivity index (χ0n) is 13.3. The van der Waals surface area contributed by atoms with Crippen LogP contribution in [0.1, 0.15) is 44.9 Å². The average Bonchev–Trinajstić information content (AvgIpc) is 3.06. The zero-order chi connectivity index (χ0) is 16.8. The van der Waals surface area contributed by atoms with E-state index in [1.165, 1.54) is 0 Å². The van der Waals surface area contributed by atoms with E-state index in [4.69, 9.17) is 6.42 Å². The number of carbonyl (C=O) groups is 1. The van der Waals surface area contributed by atoms with Gasteiger partial charge in [0.25, 0.3) is 0 Å². The first-order valence-electron chi connectivity index (χ1n) is 8.09. The van der Waals surface area contributed by atoms with Crippen molar-refractivity contribution in [2.75, 3.05) is 25.4 Å². The molecule has 23 heavy (non-hydrogen) atoms. The molecular weight excluding hydrogens is 316 g/mol. The Balaban J connectivity index is 1.57.